The lowest BCUT2D eigenvalue weighted by Crippen LogP contribution is -1.99. The van der Waals surface area contributed by atoms with Gasteiger partial charge in [-0.25, -0.2) is 0 Å². The van der Waals surface area contributed by atoms with Crippen molar-refractivity contribution in [3.05, 3.63) is 66.4 Å². The molecule has 0 aliphatic rings. The Morgan fingerprint density at radius 3 is 2.44 bits per heavy atom. The van der Waals surface area contributed by atoms with Crippen LogP contribution >= 0.6 is 0 Å². The molecule has 0 amide bonds. The van der Waals surface area contributed by atoms with Crippen molar-refractivity contribution >= 4 is 16.7 Å². The fourth-order valence-electron chi connectivity index (χ4n) is 3.15. The highest BCUT2D eigenvalue weighted by Gasteiger charge is 2.19. The van der Waals surface area contributed by atoms with Crippen molar-refractivity contribution in [1.82, 2.24) is 4.57 Å². The Balaban J connectivity index is 2.22. The molecule has 3 rings (SSSR count). The van der Waals surface area contributed by atoms with Gasteiger partial charge in [0.1, 0.15) is 18.1 Å². The van der Waals surface area contributed by atoms with Crippen molar-refractivity contribution < 1.29 is 14.3 Å². The number of Topliss-reactive ketones (excluding diaryl/α,β-unsaturated/α-hetero) is 1. The van der Waals surface area contributed by atoms with Crippen LogP contribution < -0.4 is 9.47 Å². The van der Waals surface area contributed by atoms with Crippen LogP contribution in [-0.4, -0.2) is 24.1 Å². The van der Waals surface area contributed by atoms with Gasteiger partial charge >= 0.3 is 0 Å². The topological polar surface area (TPSA) is 40.5 Å². The molecule has 0 saturated heterocycles. The van der Waals surface area contributed by atoms with E-state index in [0.717, 1.165) is 39.3 Å². The molecular weight excluding hydrogens is 314 g/mol. The smallest absolute Gasteiger partial charge is 0.162 e. The second kappa shape index (κ2) is 6.85. The van der Waals surface area contributed by atoms with Crippen molar-refractivity contribution in [2.24, 2.45) is 0 Å². The Morgan fingerprint density at radius 1 is 1.16 bits per heavy atom. The molecule has 3 aromatic rings. The summed E-state index contributed by atoms with van der Waals surface area (Å²) in [5.41, 5.74) is 3.58. The number of ether oxygens (including phenoxy) is 2. The molecule has 0 spiro atoms. The number of nitrogens with zero attached hydrogens (tertiary/aromatic N) is 1. The first-order valence-corrected chi connectivity index (χ1v) is 8.11. The van der Waals surface area contributed by atoms with Gasteiger partial charge in [-0.2, -0.15) is 0 Å². The van der Waals surface area contributed by atoms with Crippen LogP contribution in [0.15, 0.2) is 55.1 Å². The van der Waals surface area contributed by atoms with Crippen LogP contribution in [0.1, 0.15) is 23.0 Å². The Labute approximate surface area is 147 Å². The normalized spacial score (nSPS) is 10.7. The van der Waals surface area contributed by atoms with Crippen LogP contribution in [-0.2, 0) is 0 Å². The molecule has 128 valence electrons. The number of benzene rings is 2. The molecule has 1 heterocycles. The first-order chi connectivity index (χ1) is 12.1. The van der Waals surface area contributed by atoms with E-state index >= 15 is 0 Å². The molecule has 0 unspecified atom stereocenters. The van der Waals surface area contributed by atoms with Crippen molar-refractivity contribution in [3.63, 3.8) is 0 Å². The Kier molecular flexibility index (Phi) is 4.61. The van der Waals surface area contributed by atoms with Gasteiger partial charge in [-0.05, 0) is 56.3 Å². The number of carbonyl (C=O) groups excluding carboxylic acids is 1. The summed E-state index contributed by atoms with van der Waals surface area (Å²) < 4.78 is 12.9. The summed E-state index contributed by atoms with van der Waals surface area (Å²) in [6, 6.07) is 13.6. The molecule has 0 atom stereocenters. The number of hydrogen-bond donors (Lipinski definition) is 0. The fraction of sp³-hybridized carbons (Fsp3) is 0.190. The van der Waals surface area contributed by atoms with Gasteiger partial charge in [0, 0.05) is 22.3 Å². The highest BCUT2D eigenvalue weighted by atomic mass is 16.5. The fourth-order valence-corrected chi connectivity index (χ4v) is 3.15. The third-order valence-electron chi connectivity index (χ3n) is 4.23. The van der Waals surface area contributed by atoms with E-state index in [-0.39, 0.29) is 5.78 Å². The van der Waals surface area contributed by atoms with Crippen LogP contribution in [0.25, 0.3) is 16.6 Å². The van der Waals surface area contributed by atoms with Crippen molar-refractivity contribution in [2.45, 2.75) is 13.8 Å². The Bertz CT molecular complexity index is 936. The zero-order valence-corrected chi connectivity index (χ0v) is 14.7. The average molecular weight is 335 g/mol. The van der Waals surface area contributed by atoms with E-state index in [9.17, 15) is 4.79 Å². The standard InChI is InChI=1S/C21H21NO3/c1-5-12-25-18-10-11-20-19(13-18)21(15(3)23)14(2)22(20)16-6-8-17(24-4)9-7-16/h5-11,13H,1,12H2,2-4H3. The zero-order chi connectivity index (χ0) is 18.0. The van der Waals surface area contributed by atoms with Crippen LogP contribution in [0, 0.1) is 6.92 Å². The lowest BCUT2D eigenvalue weighted by atomic mass is 10.1. The summed E-state index contributed by atoms with van der Waals surface area (Å²) in [7, 11) is 1.64. The molecule has 0 aliphatic heterocycles. The number of aromatic nitrogens is 1. The summed E-state index contributed by atoms with van der Waals surface area (Å²) >= 11 is 0. The minimum Gasteiger partial charge on any atom is -0.497 e. The molecule has 0 radical (unpaired) electrons. The molecule has 4 nitrogen and oxygen atoms in total. The van der Waals surface area contributed by atoms with Crippen molar-refractivity contribution in [3.8, 4) is 17.2 Å². The van der Waals surface area contributed by atoms with Gasteiger partial charge in [-0.15, -0.1) is 0 Å². The van der Waals surface area contributed by atoms with E-state index < -0.39 is 0 Å². The number of hydrogen-bond acceptors (Lipinski definition) is 3. The molecule has 1 aromatic heterocycles. The van der Waals surface area contributed by atoms with Crippen LogP contribution in [0.5, 0.6) is 11.5 Å². The van der Waals surface area contributed by atoms with Gasteiger partial charge in [0.05, 0.1) is 12.6 Å². The largest absolute Gasteiger partial charge is 0.497 e. The SMILES string of the molecule is C=CCOc1ccc2c(c1)c(C(C)=O)c(C)n2-c1ccc(OC)cc1. The molecule has 0 bridgehead atoms. The molecule has 0 saturated carbocycles. The van der Waals surface area contributed by atoms with Crippen LogP contribution in [0.2, 0.25) is 0 Å². The predicted molar refractivity (Wildman–Crippen MR) is 100 cm³/mol. The van der Waals surface area contributed by atoms with Crippen LogP contribution in [0.4, 0.5) is 0 Å². The quantitative estimate of drug-likeness (QED) is 0.483. The maximum atomic E-state index is 12.3. The van der Waals surface area contributed by atoms with E-state index in [1.54, 1.807) is 20.1 Å². The Hall–Kier alpha value is -3.01. The molecular formula is C21H21NO3. The van der Waals surface area contributed by atoms with Gasteiger partial charge in [0.2, 0.25) is 0 Å². The van der Waals surface area contributed by atoms with E-state index in [4.69, 9.17) is 9.47 Å². The maximum Gasteiger partial charge on any atom is 0.162 e. The lowest BCUT2D eigenvalue weighted by Gasteiger charge is -2.10. The second-order valence-electron chi connectivity index (χ2n) is 5.83. The minimum atomic E-state index is 0.0376. The number of methoxy groups -OCH3 is 1. The van der Waals surface area contributed by atoms with E-state index in [2.05, 4.69) is 11.1 Å². The molecule has 4 heteroatoms. The first kappa shape index (κ1) is 16.8. The molecule has 25 heavy (non-hydrogen) atoms. The number of fused-ring (bicyclic) bond motifs is 1. The monoisotopic (exact) mass is 335 g/mol. The summed E-state index contributed by atoms with van der Waals surface area (Å²) in [5, 5.41) is 0.891. The first-order valence-electron chi connectivity index (χ1n) is 8.11. The van der Waals surface area contributed by atoms with Gasteiger partial charge in [-0.1, -0.05) is 12.7 Å². The van der Waals surface area contributed by atoms with E-state index in [1.165, 1.54) is 0 Å². The average Bonchev–Trinajstić information content (AvgIpc) is 2.91. The Morgan fingerprint density at radius 2 is 1.84 bits per heavy atom. The lowest BCUT2D eigenvalue weighted by molar-refractivity contribution is 0.101. The van der Waals surface area contributed by atoms with E-state index in [1.807, 2.05) is 49.4 Å². The molecule has 0 N–H and O–H groups in total. The summed E-state index contributed by atoms with van der Waals surface area (Å²) in [6.45, 7) is 7.65. The third-order valence-corrected chi connectivity index (χ3v) is 4.23. The summed E-state index contributed by atoms with van der Waals surface area (Å²) in [4.78, 5) is 12.3. The summed E-state index contributed by atoms with van der Waals surface area (Å²) in [5.74, 6) is 1.56. The summed E-state index contributed by atoms with van der Waals surface area (Å²) in [6.07, 6.45) is 1.70. The van der Waals surface area contributed by atoms with Gasteiger partial charge in [-0.3, -0.25) is 4.79 Å². The van der Waals surface area contributed by atoms with Gasteiger partial charge in [0.25, 0.3) is 0 Å². The number of carbonyl (C=O) groups is 1. The highest BCUT2D eigenvalue weighted by Crippen LogP contribution is 2.32. The number of rotatable bonds is 6. The molecule has 0 aliphatic carbocycles. The van der Waals surface area contributed by atoms with Crippen LogP contribution in [0.3, 0.4) is 0 Å². The maximum absolute atomic E-state index is 12.3. The highest BCUT2D eigenvalue weighted by molar-refractivity contribution is 6.09. The molecule has 0 fully saturated rings. The molecule has 2 aromatic carbocycles. The van der Waals surface area contributed by atoms with Crippen molar-refractivity contribution in [1.29, 1.82) is 0 Å². The number of ketones is 1. The predicted octanol–water partition coefficient (Wildman–Crippen LogP) is 4.71. The van der Waals surface area contributed by atoms with Gasteiger partial charge in [0.15, 0.2) is 5.78 Å². The minimum absolute atomic E-state index is 0.0376. The van der Waals surface area contributed by atoms with E-state index in [0.29, 0.717) is 6.61 Å². The second-order valence-corrected chi connectivity index (χ2v) is 5.83. The van der Waals surface area contributed by atoms with Gasteiger partial charge < -0.3 is 14.0 Å². The third kappa shape index (κ3) is 3.03. The van der Waals surface area contributed by atoms with Crippen molar-refractivity contribution in [2.75, 3.05) is 13.7 Å². The zero-order valence-electron chi connectivity index (χ0n) is 14.7.